The second-order valence-electron chi connectivity index (χ2n) is 5.71. The Kier molecular flexibility index (Phi) is 4.41. The summed E-state index contributed by atoms with van der Waals surface area (Å²) in [5, 5.41) is 3.64. The lowest BCUT2D eigenvalue weighted by atomic mass is 10.0. The Labute approximate surface area is 133 Å². The van der Waals surface area contributed by atoms with Gasteiger partial charge in [-0.05, 0) is 79.3 Å². The predicted octanol–water partition coefficient (Wildman–Crippen LogP) is 4.72. The van der Waals surface area contributed by atoms with Crippen LogP contribution in [-0.2, 0) is 12.8 Å². The van der Waals surface area contributed by atoms with Crippen LogP contribution >= 0.6 is 15.9 Å². The van der Waals surface area contributed by atoms with E-state index in [4.69, 9.17) is 0 Å². The Morgan fingerprint density at radius 2 is 2.10 bits per heavy atom. The maximum Gasteiger partial charge on any atom is 0.123 e. The number of benzene rings is 2. The molecule has 110 valence electrons. The highest BCUT2D eigenvalue weighted by atomic mass is 79.9. The molecule has 1 aliphatic carbocycles. The quantitative estimate of drug-likeness (QED) is 0.843. The standard InChI is InChI=1S/C18H19BrFN/c1-12-10-16(20)5-2-13(12)8-9-21-18-7-3-14-11-15(19)4-6-17(14)18/h2,4-6,10-11,18,21H,3,7-9H2,1H3. The second kappa shape index (κ2) is 6.29. The number of fused-ring (bicyclic) bond motifs is 1. The van der Waals surface area contributed by atoms with Gasteiger partial charge < -0.3 is 5.32 Å². The fourth-order valence-corrected chi connectivity index (χ4v) is 3.53. The van der Waals surface area contributed by atoms with Crippen molar-refractivity contribution in [3.63, 3.8) is 0 Å². The summed E-state index contributed by atoms with van der Waals surface area (Å²) in [5.41, 5.74) is 5.12. The molecule has 0 saturated heterocycles. The van der Waals surface area contributed by atoms with Crippen molar-refractivity contribution in [1.82, 2.24) is 5.32 Å². The van der Waals surface area contributed by atoms with Gasteiger partial charge in [-0.25, -0.2) is 4.39 Å². The summed E-state index contributed by atoms with van der Waals surface area (Å²) in [7, 11) is 0. The fraction of sp³-hybridized carbons (Fsp3) is 0.333. The summed E-state index contributed by atoms with van der Waals surface area (Å²) < 4.78 is 14.3. The molecule has 1 atom stereocenters. The molecule has 0 fully saturated rings. The number of rotatable bonds is 4. The summed E-state index contributed by atoms with van der Waals surface area (Å²) in [6, 6.07) is 12.1. The lowest BCUT2D eigenvalue weighted by Gasteiger charge is -2.15. The average molecular weight is 348 g/mol. The molecule has 0 radical (unpaired) electrons. The lowest BCUT2D eigenvalue weighted by Crippen LogP contribution is -2.22. The molecule has 1 nitrogen and oxygen atoms in total. The molecule has 1 aliphatic rings. The van der Waals surface area contributed by atoms with Gasteiger partial charge in [-0.2, -0.15) is 0 Å². The summed E-state index contributed by atoms with van der Waals surface area (Å²) in [6.07, 6.45) is 3.24. The van der Waals surface area contributed by atoms with Gasteiger partial charge in [0.15, 0.2) is 0 Å². The van der Waals surface area contributed by atoms with Crippen LogP contribution in [0.5, 0.6) is 0 Å². The van der Waals surface area contributed by atoms with Crippen molar-refractivity contribution in [2.45, 2.75) is 32.2 Å². The van der Waals surface area contributed by atoms with Crippen molar-refractivity contribution in [3.8, 4) is 0 Å². The molecule has 0 spiro atoms. The zero-order valence-corrected chi connectivity index (χ0v) is 13.7. The summed E-state index contributed by atoms with van der Waals surface area (Å²) >= 11 is 3.53. The third-order valence-corrected chi connectivity index (χ3v) is 4.77. The van der Waals surface area contributed by atoms with Crippen molar-refractivity contribution >= 4 is 15.9 Å². The highest BCUT2D eigenvalue weighted by Crippen LogP contribution is 2.32. The van der Waals surface area contributed by atoms with Gasteiger partial charge in [-0.3, -0.25) is 0 Å². The Balaban J connectivity index is 1.60. The first-order chi connectivity index (χ1) is 10.1. The molecule has 0 saturated carbocycles. The Morgan fingerprint density at radius 3 is 2.90 bits per heavy atom. The van der Waals surface area contributed by atoms with Gasteiger partial charge in [-0.1, -0.05) is 28.1 Å². The van der Waals surface area contributed by atoms with E-state index in [0.717, 1.165) is 35.8 Å². The topological polar surface area (TPSA) is 12.0 Å². The summed E-state index contributed by atoms with van der Waals surface area (Å²) in [6.45, 7) is 2.90. The van der Waals surface area contributed by atoms with Gasteiger partial charge in [0.2, 0.25) is 0 Å². The third-order valence-electron chi connectivity index (χ3n) is 4.27. The van der Waals surface area contributed by atoms with Gasteiger partial charge >= 0.3 is 0 Å². The van der Waals surface area contributed by atoms with E-state index in [2.05, 4.69) is 39.4 Å². The smallest absolute Gasteiger partial charge is 0.123 e. The molecule has 3 rings (SSSR count). The van der Waals surface area contributed by atoms with Crippen LogP contribution in [0.3, 0.4) is 0 Å². The van der Waals surface area contributed by atoms with E-state index < -0.39 is 0 Å². The van der Waals surface area contributed by atoms with Crippen molar-refractivity contribution in [2.24, 2.45) is 0 Å². The first-order valence-electron chi connectivity index (χ1n) is 7.40. The number of aryl methyl sites for hydroxylation is 2. The number of hydrogen-bond acceptors (Lipinski definition) is 1. The number of hydrogen-bond donors (Lipinski definition) is 1. The van der Waals surface area contributed by atoms with E-state index in [1.807, 2.05) is 13.0 Å². The maximum absolute atomic E-state index is 13.1. The normalized spacial score (nSPS) is 17.0. The summed E-state index contributed by atoms with van der Waals surface area (Å²) in [4.78, 5) is 0. The van der Waals surface area contributed by atoms with Crippen LogP contribution in [-0.4, -0.2) is 6.54 Å². The minimum absolute atomic E-state index is 0.153. The van der Waals surface area contributed by atoms with Crippen LogP contribution < -0.4 is 5.32 Å². The summed E-state index contributed by atoms with van der Waals surface area (Å²) in [5.74, 6) is -0.153. The van der Waals surface area contributed by atoms with E-state index in [9.17, 15) is 4.39 Å². The Morgan fingerprint density at radius 1 is 1.24 bits per heavy atom. The van der Waals surface area contributed by atoms with E-state index in [0.29, 0.717) is 6.04 Å². The molecule has 0 amide bonds. The van der Waals surface area contributed by atoms with Gasteiger partial charge in [0, 0.05) is 10.5 Å². The zero-order chi connectivity index (χ0) is 14.8. The van der Waals surface area contributed by atoms with E-state index in [-0.39, 0.29) is 5.82 Å². The second-order valence-corrected chi connectivity index (χ2v) is 6.63. The van der Waals surface area contributed by atoms with Crippen molar-refractivity contribution in [1.29, 1.82) is 0 Å². The van der Waals surface area contributed by atoms with Crippen LogP contribution in [0, 0.1) is 12.7 Å². The van der Waals surface area contributed by atoms with Gasteiger partial charge in [-0.15, -0.1) is 0 Å². The molecule has 21 heavy (non-hydrogen) atoms. The molecule has 1 N–H and O–H groups in total. The fourth-order valence-electron chi connectivity index (χ4n) is 3.12. The molecule has 2 aromatic carbocycles. The van der Waals surface area contributed by atoms with Gasteiger partial charge in [0.1, 0.15) is 5.82 Å². The minimum Gasteiger partial charge on any atom is -0.310 e. The van der Waals surface area contributed by atoms with Crippen molar-refractivity contribution in [3.05, 3.63) is 68.9 Å². The monoisotopic (exact) mass is 347 g/mol. The largest absolute Gasteiger partial charge is 0.310 e. The maximum atomic E-state index is 13.1. The number of halogens is 2. The predicted molar refractivity (Wildman–Crippen MR) is 88.0 cm³/mol. The van der Waals surface area contributed by atoms with Crippen LogP contribution in [0.2, 0.25) is 0 Å². The molecule has 0 aliphatic heterocycles. The van der Waals surface area contributed by atoms with Crippen molar-refractivity contribution in [2.75, 3.05) is 6.54 Å². The minimum atomic E-state index is -0.153. The Bertz CT molecular complexity index is 654. The number of nitrogens with one attached hydrogen (secondary N) is 1. The van der Waals surface area contributed by atoms with Crippen LogP contribution in [0.15, 0.2) is 40.9 Å². The molecular weight excluding hydrogens is 329 g/mol. The Hall–Kier alpha value is -1.19. The van der Waals surface area contributed by atoms with E-state index in [1.54, 1.807) is 12.1 Å². The van der Waals surface area contributed by atoms with E-state index in [1.165, 1.54) is 16.7 Å². The first kappa shape index (κ1) is 14.7. The third kappa shape index (κ3) is 3.35. The highest BCUT2D eigenvalue weighted by Gasteiger charge is 2.21. The molecule has 3 heteroatoms. The van der Waals surface area contributed by atoms with Crippen molar-refractivity contribution < 1.29 is 4.39 Å². The SMILES string of the molecule is Cc1cc(F)ccc1CCNC1CCc2cc(Br)ccc21. The van der Waals surface area contributed by atoms with Gasteiger partial charge in [0.25, 0.3) is 0 Å². The highest BCUT2D eigenvalue weighted by molar-refractivity contribution is 9.10. The lowest BCUT2D eigenvalue weighted by molar-refractivity contribution is 0.533. The van der Waals surface area contributed by atoms with E-state index >= 15 is 0 Å². The molecular formula is C18H19BrFN. The molecule has 2 aromatic rings. The first-order valence-corrected chi connectivity index (χ1v) is 8.19. The zero-order valence-electron chi connectivity index (χ0n) is 12.1. The van der Waals surface area contributed by atoms with Crippen LogP contribution in [0.1, 0.15) is 34.7 Å². The molecule has 1 unspecified atom stereocenters. The van der Waals surface area contributed by atoms with Gasteiger partial charge in [0.05, 0.1) is 0 Å². The molecule has 0 heterocycles. The molecule has 0 bridgehead atoms. The molecule has 0 aromatic heterocycles. The van der Waals surface area contributed by atoms with Crippen LogP contribution in [0.4, 0.5) is 4.39 Å². The van der Waals surface area contributed by atoms with Crippen LogP contribution in [0.25, 0.3) is 0 Å². The average Bonchev–Trinajstić information content (AvgIpc) is 2.83.